The van der Waals surface area contributed by atoms with Crippen LogP contribution in [-0.2, 0) is 13.6 Å². The second-order valence-corrected chi connectivity index (χ2v) is 7.03. The van der Waals surface area contributed by atoms with Gasteiger partial charge in [-0.1, -0.05) is 0 Å². The molecule has 0 radical (unpaired) electrons. The van der Waals surface area contributed by atoms with E-state index in [1.807, 2.05) is 34.6 Å². The van der Waals surface area contributed by atoms with Crippen LogP contribution in [0.15, 0.2) is 4.76 Å². The van der Waals surface area contributed by atoms with Gasteiger partial charge in [0.2, 0.25) is 0 Å². The summed E-state index contributed by atoms with van der Waals surface area (Å²) in [6, 6.07) is 0. The Hall–Kier alpha value is -0.380. The molecule has 5 nitrogen and oxygen atoms in total. The summed E-state index contributed by atoms with van der Waals surface area (Å²) in [7, 11) is -3.41. The summed E-state index contributed by atoms with van der Waals surface area (Å²) in [6.07, 6.45) is 3.22. The van der Waals surface area contributed by atoms with Crippen molar-refractivity contribution in [2.24, 2.45) is 4.76 Å². The lowest BCUT2D eigenvalue weighted by Gasteiger charge is -2.29. The van der Waals surface area contributed by atoms with E-state index in [-0.39, 0.29) is 12.2 Å². The Morgan fingerprint density at radius 3 is 1.95 bits per heavy atom. The highest BCUT2D eigenvalue weighted by molar-refractivity contribution is 7.52. The van der Waals surface area contributed by atoms with E-state index in [0.717, 1.165) is 31.8 Å². The van der Waals surface area contributed by atoms with Crippen LogP contribution in [-0.4, -0.2) is 36.0 Å². The van der Waals surface area contributed by atoms with Crippen molar-refractivity contribution in [1.82, 2.24) is 4.90 Å². The van der Waals surface area contributed by atoms with Gasteiger partial charge < -0.3 is 4.90 Å². The minimum Gasteiger partial charge on any atom is -0.360 e. The first-order valence-electron chi connectivity index (χ1n) is 7.11. The van der Waals surface area contributed by atoms with E-state index in [0.29, 0.717) is 0 Å². The maximum atomic E-state index is 12.6. The Kier molecular flexibility index (Phi) is 6.51. The summed E-state index contributed by atoms with van der Waals surface area (Å²) >= 11 is 0. The number of nitrogens with zero attached hydrogens (tertiary/aromatic N) is 2. The largest absolute Gasteiger partial charge is 0.455 e. The van der Waals surface area contributed by atoms with Gasteiger partial charge in [0, 0.05) is 13.1 Å². The monoisotopic (exact) mass is 290 g/mol. The third-order valence-corrected chi connectivity index (χ3v) is 4.68. The summed E-state index contributed by atoms with van der Waals surface area (Å²) in [5.74, 6) is 0.754. The van der Waals surface area contributed by atoms with Gasteiger partial charge in [-0.15, -0.1) is 0 Å². The summed E-state index contributed by atoms with van der Waals surface area (Å²) in [5.41, 5.74) is 0. The fourth-order valence-corrected chi connectivity index (χ4v) is 3.75. The fourth-order valence-electron chi connectivity index (χ4n) is 2.06. The summed E-state index contributed by atoms with van der Waals surface area (Å²) in [4.78, 5) is 2.16. The zero-order valence-corrected chi connectivity index (χ0v) is 13.7. The van der Waals surface area contributed by atoms with Crippen molar-refractivity contribution < 1.29 is 13.6 Å². The summed E-state index contributed by atoms with van der Waals surface area (Å²) in [5, 5.41) is 0. The Labute approximate surface area is 117 Å². The molecule has 1 fully saturated rings. The predicted octanol–water partition coefficient (Wildman–Crippen LogP) is 3.85. The topological polar surface area (TPSA) is 51.1 Å². The molecule has 1 rings (SSSR count). The fraction of sp³-hybridized carbons (Fsp3) is 0.923. The second-order valence-electron chi connectivity index (χ2n) is 5.47. The number of rotatable bonds is 5. The van der Waals surface area contributed by atoms with Crippen LogP contribution in [0.2, 0.25) is 0 Å². The first kappa shape index (κ1) is 16.7. The van der Waals surface area contributed by atoms with E-state index in [9.17, 15) is 4.57 Å². The lowest BCUT2D eigenvalue weighted by molar-refractivity contribution is 0.143. The Balaban J connectivity index is 2.81. The Morgan fingerprint density at radius 1 is 1.05 bits per heavy atom. The molecule has 0 aliphatic carbocycles. The van der Waals surface area contributed by atoms with Crippen molar-refractivity contribution in [2.45, 2.75) is 66.1 Å². The molecule has 0 unspecified atom stereocenters. The zero-order valence-electron chi connectivity index (χ0n) is 12.8. The lowest BCUT2D eigenvalue weighted by atomic mass is 10.1. The van der Waals surface area contributed by atoms with Crippen molar-refractivity contribution >= 4 is 13.6 Å². The van der Waals surface area contributed by atoms with Gasteiger partial charge in [0.15, 0.2) is 0 Å². The molecule has 112 valence electrons. The molecule has 0 amide bonds. The Bertz CT molecular complexity index is 336. The molecule has 1 saturated heterocycles. The number of hydrogen-bond acceptors (Lipinski definition) is 3. The maximum absolute atomic E-state index is 12.6. The molecule has 0 saturated carbocycles. The first-order valence-corrected chi connectivity index (χ1v) is 8.60. The molecule has 0 aromatic carbocycles. The van der Waals surface area contributed by atoms with Gasteiger partial charge in [-0.2, -0.15) is 4.76 Å². The van der Waals surface area contributed by atoms with Gasteiger partial charge >= 0.3 is 7.75 Å². The minimum absolute atomic E-state index is 0.178. The molecule has 19 heavy (non-hydrogen) atoms. The normalized spacial score (nSPS) is 18.5. The van der Waals surface area contributed by atoms with Crippen molar-refractivity contribution in [3.05, 3.63) is 0 Å². The molecule has 0 aromatic heterocycles. The van der Waals surface area contributed by atoms with Crippen LogP contribution in [0.3, 0.4) is 0 Å². The average molecular weight is 290 g/mol. The van der Waals surface area contributed by atoms with E-state index in [2.05, 4.69) is 9.66 Å². The molecule has 0 atom stereocenters. The van der Waals surface area contributed by atoms with Gasteiger partial charge in [-0.25, -0.2) is 4.57 Å². The van der Waals surface area contributed by atoms with Crippen molar-refractivity contribution in [3.8, 4) is 0 Å². The minimum atomic E-state index is -3.41. The van der Waals surface area contributed by atoms with E-state index in [4.69, 9.17) is 9.05 Å². The van der Waals surface area contributed by atoms with Gasteiger partial charge in [0.25, 0.3) is 0 Å². The molecule has 1 aliphatic heterocycles. The molecule has 0 aromatic rings. The van der Waals surface area contributed by atoms with Crippen LogP contribution in [0, 0.1) is 0 Å². The first-order chi connectivity index (χ1) is 8.82. The summed E-state index contributed by atoms with van der Waals surface area (Å²) < 4.78 is 27.8. The van der Waals surface area contributed by atoms with E-state index in [1.54, 1.807) is 0 Å². The molecule has 1 heterocycles. The molecule has 1 aliphatic rings. The average Bonchev–Trinajstić information content (AvgIpc) is 2.27. The van der Waals surface area contributed by atoms with Crippen LogP contribution in [0.1, 0.15) is 53.9 Å². The Morgan fingerprint density at radius 2 is 1.53 bits per heavy atom. The third kappa shape index (κ3) is 6.07. The number of amidine groups is 1. The van der Waals surface area contributed by atoms with Gasteiger partial charge in [-0.05, 0) is 53.9 Å². The molecule has 0 spiro atoms. The van der Waals surface area contributed by atoms with Crippen LogP contribution in [0.5, 0.6) is 0 Å². The maximum Gasteiger partial charge on any atom is 0.455 e. The van der Waals surface area contributed by atoms with Gasteiger partial charge in [0.1, 0.15) is 5.84 Å². The molecule has 0 bridgehead atoms. The number of likely N-dealkylation sites (tertiary alicyclic amines) is 1. The summed E-state index contributed by atoms with van der Waals surface area (Å²) in [6.45, 7) is 11.2. The molecule has 0 N–H and O–H groups in total. The van der Waals surface area contributed by atoms with E-state index < -0.39 is 7.75 Å². The molecular weight excluding hydrogens is 263 g/mol. The van der Waals surface area contributed by atoms with Crippen LogP contribution in [0.4, 0.5) is 0 Å². The quantitative estimate of drug-likeness (QED) is 0.438. The highest BCUT2D eigenvalue weighted by Gasteiger charge is 2.28. The number of piperidine rings is 1. The third-order valence-electron chi connectivity index (χ3n) is 2.77. The van der Waals surface area contributed by atoms with Crippen molar-refractivity contribution in [3.63, 3.8) is 0 Å². The van der Waals surface area contributed by atoms with Gasteiger partial charge in [0.05, 0.1) is 12.2 Å². The number of hydrogen-bond donors (Lipinski definition) is 0. The van der Waals surface area contributed by atoms with Crippen molar-refractivity contribution in [2.75, 3.05) is 13.1 Å². The second kappa shape index (κ2) is 7.41. The molecule has 6 heteroatoms. The van der Waals surface area contributed by atoms with Crippen molar-refractivity contribution in [1.29, 1.82) is 0 Å². The predicted molar refractivity (Wildman–Crippen MR) is 78.6 cm³/mol. The highest BCUT2D eigenvalue weighted by Crippen LogP contribution is 2.52. The van der Waals surface area contributed by atoms with Crippen LogP contribution in [0.25, 0.3) is 0 Å². The SMILES string of the molecule is C/C(=N\P(=O)(OC(C)C)OC(C)C)N1CCCCC1. The zero-order chi connectivity index (χ0) is 14.5. The standard InChI is InChI=1S/C13H27N2O3P/c1-11(2)17-19(16,18-12(3)4)14-13(5)15-9-7-6-8-10-15/h11-12H,6-10H2,1-5H3/b14-13+. The smallest absolute Gasteiger partial charge is 0.360 e. The van der Waals surface area contributed by atoms with Crippen LogP contribution < -0.4 is 0 Å². The van der Waals surface area contributed by atoms with Gasteiger partial charge in [-0.3, -0.25) is 9.05 Å². The van der Waals surface area contributed by atoms with Crippen LogP contribution >= 0.6 is 7.75 Å². The van der Waals surface area contributed by atoms with E-state index in [1.165, 1.54) is 6.42 Å². The molecular formula is C13H27N2O3P. The highest BCUT2D eigenvalue weighted by atomic mass is 31.2. The van der Waals surface area contributed by atoms with E-state index >= 15 is 0 Å². The lowest BCUT2D eigenvalue weighted by Crippen LogP contribution is -2.34.